The largest absolute Gasteiger partial charge is 0.497 e. The zero-order valence-electron chi connectivity index (χ0n) is 13.1. The fraction of sp³-hybridized carbons (Fsp3) is 0.375. The average molecular weight is 287 g/mol. The topological polar surface area (TPSA) is 70.3 Å². The lowest BCUT2D eigenvalue weighted by atomic mass is 9.92. The van der Waals surface area contributed by atoms with Gasteiger partial charge in [-0.2, -0.15) is 0 Å². The highest BCUT2D eigenvalue weighted by atomic mass is 16.5. The molecule has 5 nitrogen and oxygen atoms in total. The van der Waals surface area contributed by atoms with Crippen LogP contribution in [0.4, 0.5) is 5.82 Å². The molecule has 0 aliphatic rings. The summed E-state index contributed by atoms with van der Waals surface area (Å²) in [6.07, 6.45) is 0. The van der Waals surface area contributed by atoms with Gasteiger partial charge in [0, 0.05) is 11.5 Å². The lowest BCUT2D eigenvalue weighted by Crippen LogP contribution is -2.15. The molecule has 0 atom stereocenters. The minimum atomic E-state index is -0.113. The number of methoxy groups -OCH3 is 2. The molecule has 0 bridgehead atoms. The Morgan fingerprint density at radius 2 is 1.71 bits per heavy atom. The number of hydrogen-bond donors (Lipinski definition) is 1. The van der Waals surface area contributed by atoms with E-state index in [0.29, 0.717) is 23.1 Å². The molecule has 21 heavy (non-hydrogen) atoms. The Hall–Kier alpha value is -2.30. The van der Waals surface area contributed by atoms with Crippen molar-refractivity contribution in [2.24, 2.45) is 0 Å². The molecule has 2 aromatic rings. The van der Waals surface area contributed by atoms with Crippen LogP contribution in [0.1, 0.15) is 26.5 Å². The first kappa shape index (κ1) is 15.1. The second-order valence-electron chi connectivity index (χ2n) is 5.82. The zero-order valence-corrected chi connectivity index (χ0v) is 13.1. The first-order valence-electron chi connectivity index (χ1n) is 6.72. The Bertz CT molecular complexity index is 648. The summed E-state index contributed by atoms with van der Waals surface area (Å²) in [6, 6.07) is 7.31. The fourth-order valence-electron chi connectivity index (χ4n) is 1.96. The van der Waals surface area contributed by atoms with E-state index in [-0.39, 0.29) is 5.41 Å². The van der Waals surface area contributed by atoms with Gasteiger partial charge in [0.05, 0.1) is 25.5 Å². The molecule has 5 heteroatoms. The summed E-state index contributed by atoms with van der Waals surface area (Å²) in [6.45, 7) is 6.25. The second kappa shape index (κ2) is 5.60. The standard InChI is InChI=1S/C16H21N3O2/c1-16(2,3)13-9-14(17)19-15(18-13)11-8-10(20-4)6-7-12(11)21-5/h6-9H,1-5H3,(H2,17,18,19). The van der Waals surface area contributed by atoms with Gasteiger partial charge in [-0.15, -0.1) is 0 Å². The summed E-state index contributed by atoms with van der Waals surface area (Å²) in [5, 5.41) is 0. The molecule has 0 saturated heterocycles. The van der Waals surface area contributed by atoms with Crippen LogP contribution in [-0.2, 0) is 5.41 Å². The summed E-state index contributed by atoms with van der Waals surface area (Å²) in [7, 11) is 3.23. The van der Waals surface area contributed by atoms with Gasteiger partial charge >= 0.3 is 0 Å². The lowest BCUT2D eigenvalue weighted by Gasteiger charge is -2.19. The van der Waals surface area contributed by atoms with Gasteiger partial charge in [-0.05, 0) is 18.2 Å². The van der Waals surface area contributed by atoms with Crippen molar-refractivity contribution in [1.29, 1.82) is 0 Å². The number of rotatable bonds is 3. The van der Waals surface area contributed by atoms with E-state index in [1.165, 1.54) is 0 Å². The number of nitrogen functional groups attached to an aromatic ring is 1. The van der Waals surface area contributed by atoms with Crippen molar-refractivity contribution in [3.05, 3.63) is 30.0 Å². The molecule has 2 N–H and O–H groups in total. The summed E-state index contributed by atoms with van der Waals surface area (Å²) in [5.74, 6) is 2.38. The molecule has 0 amide bonds. The van der Waals surface area contributed by atoms with Crippen molar-refractivity contribution in [3.63, 3.8) is 0 Å². The highest BCUT2D eigenvalue weighted by Crippen LogP contribution is 2.33. The smallest absolute Gasteiger partial charge is 0.165 e. The highest BCUT2D eigenvalue weighted by molar-refractivity contribution is 5.67. The molecule has 0 aliphatic carbocycles. The van der Waals surface area contributed by atoms with Crippen molar-refractivity contribution in [2.75, 3.05) is 20.0 Å². The van der Waals surface area contributed by atoms with E-state index in [0.717, 1.165) is 11.3 Å². The van der Waals surface area contributed by atoms with E-state index in [4.69, 9.17) is 15.2 Å². The predicted molar refractivity (Wildman–Crippen MR) is 83.7 cm³/mol. The van der Waals surface area contributed by atoms with Gasteiger partial charge in [-0.3, -0.25) is 0 Å². The van der Waals surface area contributed by atoms with Crippen LogP contribution >= 0.6 is 0 Å². The predicted octanol–water partition coefficient (Wildman–Crippen LogP) is 3.04. The van der Waals surface area contributed by atoms with E-state index in [1.54, 1.807) is 20.3 Å². The monoisotopic (exact) mass is 287 g/mol. The minimum Gasteiger partial charge on any atom is -0.497 e. The van der Waals surface area contributed by atoms with Gasteiger partial charge in [-0.25, -0.2) is 9.97 Å². The van der Waals surface area contributed by atoms with Crippen LogP contribution in [0.15, 0.2) is 24.3 Å². The third-order valence-corrected chi connectivity index (χ3v) is 3.16. The summed E-state index contributed by atoms with van der Waals surface area (Å²) >= 11 is 0. The van der Waals surface area contributed by atoms with E-state index in [2.05, 4.69) is 30.7 Å². The average Bonchev–Trinajstić information content (AvgIpc) is 2.45. The maximum atomic E-state index is 5.93. The number of ether oxygens (including phenoxy) is 2. The molecule has 0 fully saturated rings. The Kier molecular flexibility index (Phi) is 4.02. The van der Waals surface area contributed by atoms with Crippen LogP contribution in [0.5, 0.6) is 11.5 Å². The Labute approximate surface area is 125 Å². The van der Waals surface area contributed by atoms with E-state index >= 15 is 0 Å². The molecule has 2 rings (SSSR count). The van der Waals surface area contributed by atoms with Gasteiger partial charge < -0.3 is 15.2 Å². The van der Waals surface area contributed by atoms with E-state index in [9.17, 15) is 0 Å². The molecule has 112 valence electrons. The normalized spacial score (nSPS) is 11.3. The maximum Gasteiger partial charge on any atom is 0.165 e. The Morgan fingerprint density at radius 1 is 1.00 bits per heavy atom. The van der Waals surface area contributed by atoms with Gasteiger partial charge in [0.15, 0.2) is 5.82 Å². The third kappa shape index (κ3) is 3.24. The van der Waals surface area contributed by atoms with Crippen molar-refractivity contribution < 1.29 is 9.47 Å². The molecule has 1 aromatic carbocycles. The van der Waals surface area contributed by atoms with Crippen molar-refractivity contribution in [2.45, 2.75) is 26.2 Å². The van der Waals surface area contributed by atoms with Crippen LogP contribution in [0, 0.1) is 0 Å². The molecule has 0 radical (unpaired) electrons. The second-order valence-corrected chi connectivity index (χ2v) is 5.82. The van der Waals surface area contributed by atoms with Gasteiger partial charge in [0.1, 0.15) is 17.3 Å². The number of anilines is 1. The SMILES string of the molecule is COc1ccc(OC)c(-c2nc(N)cc(C(C)(C)C)n2)c1. The van der Waals surface area contributed by atoms with E-state index in [1.807, 2.05) is 18.2 Å². The third-order valence-electron chi connectivity index (χ3n) is 3.16. The van der Waals surface area contributed by atoms with Gasteiger partial charge in [0.2, 0.25) is 0 Å². The quantitative estimate of drug-likeness (QED) is 0.939. The molecular formula is C16H21N3O2. The molecule has 1 heterocycles. The van der Waals surface area contributed by atoms with Crippen LogP contribution in [0.3, 0.4) is 0 Å². The molecule has 0 spiro atoms. The van der Waals surface area contributed by atoms with Crippen molar-refractivity contribution in [1.82, 2.24) is 9.97 Å². The molecular weight excluding hydrogens is 266 g/mol. The molecule has 1 aromatic heterocycles. The number of aromatic nitrogens is 2. The fourth-order valence-corrected chi connectivity index (χ4v) is 1.96. The van der Waals surface area contributed by atoms with Crippen LogP contribution in [-0.4, -0.2) is 24.2 Å². The van der Waals surface area contributed by atoms with Gasteiger partial charge in [0.25, 0.3) is 0 Å². The Morgan fingerprint density at radius 3 is 2.29 bits per heavy atom. The number of nitrogens with zero attached hydrogens (tertiary/aromatic N) is 2. The summed E-state index contributed by atoms with van der Waals surface area (Å²) in [5.41, 5.74) is 7.46. The van der Waals surface area contributed by atoms with Crippen molar-refractivity contribution >= 4 is 5.82 Å². The minimum absolute atomic E-state index is 0.113. The van der Waals surface area contributed by atoms with E-state index < -0.39 is 0 Å². The van der Waals surface area contributed by atoms with Gasteiger partial charge in [-0.1, -0.05) is 20.8 Å². The molecule has 0 saturated carbocycles. The number of nitrogens with two attached hydrogens (primary N) is 1. The van der Waals surface area contributed by atoms with Crippen molar-refractivity contribution in [3.8, 4) is 22.9 Å². The molecule has 0 aliphatic heterocycles. The summed E-state index contributed by atoms with van der Waals surface area (Å²) in [4.78, 5) is 8.97. The number of benzene rings is 1. The van der Waals surface area contributed by atoms with Crippen LogP contribution < -0.4 is 15.2 Å². The lowest BCUT2D eigenvalue weighted by molar-refractivity contribution is 0.404. The zero-order chi connectivity index (χ0) is 15.6. The Balaban J connectivity index is 2.63. The van der Waals surface area contributed by atoms with Crippen LogP contribution in [0.25, 0.3) is 11.4 Å². The maximum absolute atomic E-state index is 5.93. The first-order valence-corrected chi connectivity index (χ1v) is 6.72. The highest BCUT2D eigenvalue weighted by Gasteiger charge is 2.19. The van der Waals surface area contributed by atoms with Crippen LogP contribution in [0.2, 0.25) is 0 Å². The first-order chi connectivity index (χ1) is 9.85. The number of hydrogen-bond acceptors (Lipinski definition) is 5. The summed E-state index contributed by atoms with van der Waals surface area (Å²) < 4.78 is 10.6. The molecule has 0 unspecified atom stereocenters.